The molecule has 2 heterocycles. The number of fused-ring (bicyclic) bond motifs is 1. The standard InChI is InChI=1S/C12H10F2N4/c1-17-5-8(4-16-17)6-18-7-15-11-2-9(13)10(14)3-12(11)18/h2-5,7H,6H2,1H3. The number of aromatic nitrogens is 4. The SMILES string of the molecule is Cn1cc(Cn2cnc3cc(F)c(F)cc32)cn1. The van der Waals surface area contributed by atoms with E-state index in [9.17, 15) is 8.78 Å². The maximum absolute atomic E-state index is 13.2. The third-order valence-corrected chi connectivity index (χ3v) is 2.77. The molecule has 0 amide bonds. The molecule has 0 aliphatic heterocycles. The van der Waals surface area contributed by atoms with Crippen LogP contribution in [0.25, 0.3) is 11.0 Å². The molecule has 0 saturated heterocycles. The van der Waals surface area contributed by atoms with Crippen LogP contribution in [0, 0.1) is 11.6 Å². The third-order valence-electron chi connectivity index (χ3n) is 2.77. The summed E-state index contributed by atoms with van der Waals surface area (Å²) in [5.74, 6) is -1.75. The van der Waals surface area contributed by atoms with Crippen molar-refractivity contribution in [1.29, 1.82) is 0 Å². The summed E-state index contributed by atoms with van der Waals surface area (Å²) in [6.07, 6.45) is 5.16. The van der Waals surface area contributed by atoms with E-state index in [0.29, 0.717) is 17.6 Å². The molecule has 0 saturated carbocycles. The maximum atomic E-state index is 13.2. The third kappa shape index (κ3) is 1.75. The van der Waals surface area contributed by atoms with Gasteiger partial charge in [0.25, 0.3) is 0 Å². The Bertz CT molecular complexity index is 714. The van der Waals surface area contributed by atoms with Crippen LogP contribution in [0.3, 0.4) is 0 Å². The first-order valence-corrected chi connectivity index (χ1v) is 5.41. The van der Waals surface area contributed by atoms with Gasteiger partial charge in [-0.15, -0.1) is 0 Å². The zero-order chi connectivity index (χ0) is 12.7. The number of aryl methyl sites for hydroxylation is 1. The molecular formula is C12H10F2N4. The second-order valence-corrected chi connectivity index (χ2v) is 4.15. The molecule has 0 N–H and O–H groups in total. The zero-order valence-corrected chi connectivity index (χ0v) is 9.64. The van der Waals surface area contributed by atoms with Gasteiger partial charge in [0.05, 0.1) is 30.1 Å². The second kappa shape index (κ2) is 3.90. The summed E-state index contributed by atoms with van der Waals surface area (Å²) in [5, 5.41) is 4.06. The molecule has 0 aliphatic rings. The van der Waals surface area contributed by atoms with Crippen molar-refractivity contribution < 1.29 is 8.78 Å². The Morgan fingerprint density at radius 1 is 1.22 bits per heavy atom. The highest BCUT2D eigenvalue weighted by Crippen LogP contribution is 2.18. The Morgan fingerprint density at radius 2 is 2.00 bits per heavy atom. The lowest BCUT2D eigenvalue weighted by atomic mass is 10.3. The summed E-state index contributed by atoms with van der Waals surface area (Å²) in [6.45, 7) is 0.523. The van der Waals surface area contributed by atoms with Gasteiger partial charge in [0.1, 0.15) is 0 Å². The first kappa shape index (κ1) is 10.9. The van der Waals surface area contributed by atoms with Gasteiger partial charge in [0.15, 0.2) is 11.6 Å². The topological polar surface area (TPSA) is 35.6 Å². The molecule has 18 heavy (non-hydrogen) atoms. The fourth-order valence-electron chi connectivity index (χ4n) is 1.93. The van der Waals surface area contributed by atoms with Crippen LogP contribution in [-0.4, -0.2) is 19.3 Å². The van der Waals surface area contributed by atoms with E-state index in [-0.39, 0.29) is 0 Å². The van der Waals surface area contributed by atoms with Crippen molar-refractivity contribution in [2.75, 3.05) is 0 Å². The van der Waals surface area contributed by atoms with Gasteiger partial charge < -0.3 is 4.57 Å². The Labute approximate surface area is 101 Å². The van der Waals surface area contributed by atoms with E-state index in [1.807, 2.05) is 13.2 Å². The fraction of sp³-hybridized carbons (Fsp3) is 0.167. The number of benzene rings is 1. The van der Waals surface area contributed by atoms with Gasteiger partial charge in [-0.1, -0.05) is 0 Å². The normalized spacial score (nSPS) is 11.3. The average Bonchev–Trinajstić information content (AvgIpc) is 2.89. The molecule has 92 valence electrons. The molecule has 0 fully saturated rings. The molecule has 0 spiro atoms. The van der Waals surface area contributed by atoms with Gasteiger partial charge in [-0.05, 0) is 0 Å². The monoisotopic (exact) mass is 248 g/mol. The highest BCUT2D eigenvalue weighted by molar-refractivity contribution is 5.75. The average molecular weight is 248 g/mol. The van der Waals surface area contributed by atoms with Crippen molar-refractivity contribution in [3.8, 4) is 0 Å². The molecule has 0 bridgehead atoms. The van der Waals surface area contributed by atoms with E-state index >= 15 is 0 Å². The molecule has 4 nitrogen and oxygen atoms in total. The second-order valence-electron chi connectivity index (χ2n) is 4.15. The summed E-state index contributed by atoms with van der Waals surface area (Å²) in [7, 11) is 1.82. The quantitative estimate of drug-likeness (QED) is 0.696. The molecule has 6 heteroatoms. The molecule has 3 rings (SSSR count). The van der Waals surface area contributed by atoms with Gasteiger partial charge in [-0.25, -0.2) is 13.8 Å². The largest absolute Gasteiger partial charge is 0.326 e. The summed E-state index contributed by atoms with van der Waals surface area (Å²) in [5.41, 5.74) is 1.98. The molecule has 0 radical (unpaired) electrons. The Balaban J connectivity index is 2.04. The number of hydrogen-bond acceptors (Lipinski definition) is 2. The van der Waals surface area contributed by atoms with Crippen LogP contribution in [0.1, 0.15) is 5.56 Å². The van der Waals surface area contributed by atoms with Gasteiger partial charge in [0, 0.05) is 30.9 Å². The maximum Gasteiger partial charge on any atom is 0.161 e. The van der Waals surface area contributed by atoms with Crippen LogP contribution in [0.2, 0.25) is 0 Å². The van der Waals surface area contributed by atoms with E-state index < -0.39 is 11.6 Å². The predicted molar refractivity (Wildman–Crippen MR) is 62.0 cm³/mol. The minimum Gasteiger partial charge on any atom is -0.326 e. The van der Waals surface area contributed by atoms with Crippen LogP contribution in [0.4, 0.5) is 8.78 Å². The number of nitrogens with zero attached hydrogens (tertiary/aromatic N) is 4. The lowest BCUT2D eigenvalue weighted by molar-refractivity contribution is 0.510. The number of imidazole rings is 1. The van der Waals surface area contributed by atoms with E-state index in [1.165, 1.54) is 0 Å². The Morgan fingerprint density at radius 3 is 2.72 bits per heavy atom. The van der Waals surface area contributed by atoms with Crippen LogP contribution >= 0.6 is 0 Å². The summed E-state index contributed by atoms with van der Waals surface area (Å²) in [6, 6.07) is 2.26. The van der Waals surface area contributed by atoms with E-state index in [0.717, 1.165) is 17.7 Å². The molecule has 0 unspecified atom stereocenters. The highest BCUT2D eigenvalue weighted by Gasteiger charge is 2.09. The van der Waals surface area contributed by atoms with Crippen molar-refractivity contribution in [3.05, 3.63) is 48.1 Å². The van der Waals surface area contributed by atoms with E-state index in [1.54, 1.807) is 21.8 Å². The predicted octanol–water partition coefficient (Wildman–Crippen LogP) is 2.10. The summed E-state index contributed by atoms with van der Waals surface area (Å²) < 4.78 is 29.7. The molecule has 0 atom stereocenters. The van der Waals surface area contributed by atoms with Crippen molar-refractivity contribution in [2.24, 2.45) is 7.05 Å². The minimum atomic E-state index is -0.880. The number of hydrogen-bond donors (Lipinski definition) is 0. The van der Waals surface area contributed by atoms with Gasteiger partial charge in [-0.3, -0.25) is 4.68 Å². The van der Waals surface area contributed by atoms with Gasteiger partial charge in [-0.2, -0.15) is 5.10 Å². The van der Waals surface area contributed by atoms with Crippen LogP contribution in [-0.2, 0) is 13.6 Å². The molecule has 2 aromatic heterocycles. The summed E-state index contributed by atoms with van der Waals surface area (Å²) >= 11 is 0. The first-order valence-electron chi connectivity index (χ1n) is 5.41. The molecule has 3 aromatic rings. The zero-order valence-electron chi connectivity index (χ0n) is 9.64. The minimum absolute atomic E-state index is 0.442. The van der Waals surface area contributed by atoms with Crippen LogP contribution < -0.4 is 0 Å². The van der Waals surface area contributed by atoms with Crippen LogP contribution in [0.15, 0.2) is 30.9 Å². The lowest BCUT2D eigenvalue weighted by Crippen LogP contribution is -1.97. The number of rotatable bonds is 2. The van der Waals surface area contributed by atoms with Crippen LogP contribution in [0.5, 0.6) is 0 Å². The van der Waals surface area contributed by atoms with Crippen molar-refractivity contribution in [2.45, 2.75) is 6.54 Å². The van der Waals surface area contributed by atoms with Gasteiger partial charge in [0.2, 0.25) is 0 Å². The van der Waals surface area contributed by atoms with Crippen molar-refractivity contribution in [1.82, 2.24) is 19.3 Å². The first-order chi connectivity index (χ1) is 8.63. The Hall–Kier alpha value is -2.24. The Kier molecular flexibility index (Phi) is 2.36. The highest BCUT2D eigenvalue weighted by atomic mass is 19.2. The van der Waals surface area contributed by atoms with E-state index in [2.05, 4.69) is 10.1 Å². The van der Waals surface area contributed by atoms with Gasteiger partial charge >= 0.3 is 0 Å². The molecule has 0 aliphatic carbocycles. The molecule has 1 aromatic carbocycles. The smallest absolute Gasteiger partial charge is 0.161 e. The van der Waals surface area contributed by atoms with Crippen molar-refractivity contribution in [3.63, 3.8) is 0 Å². The fourth-order valence-corrected chi connectivity index (χ4v) is 1.93. The van der Waals surface area contributed by atoms with E-state index in [4.69, 9.17) is 0 Å². The lowest BCUT2D eigenvalue weighted by Gasteiger charge is -2.02. The summed E-state index contributed by atoms with van der Waals surface area (Å²) in [4.78, 5) is 4.05. The van der Waals surface area contributed by atoms with Crippen molar-refractivity contribution >= 4 is 11.0 Å². The molecular weight excluding hydrogens is 238 g/mol. The number of halogens is 2.